The van der Waals surface area contributed by atoms with Crippen LogP contribution in [-0.4, -0.2) is 39.4 Å². The average molecular weight is 511 g/mol. The van der Waals surface area contributed by atoms with Crippen molar-refractivity contribution >= 4 is 45.3 Å². The van der Waals surface area contributed by atoms with E-state index in [1.54, 1.807) is 19.1 Å². The van der Waals surface area contributed by atoms with Crippen molar-refractivity contribution in [1.29, 1.82) is 0 Å². The highest BCUT2D eigenvalue weighted by Crippen LogP contribution is 2.55. The predicted octanol–water partition coefficient (Wildman–Crippen LogP) is 2.54. The van der Waals surface area contributed by atoms with Gasteiger partial charge in [0.15, 0.2) is 11.6 Å². The molecule has 1 aliphatic heterocycles. The lowest BCUT2D eigenvalue weighted by Gasteiger charge is -2.42. The topological polar surface area (TPSA) is 135 Å². The van der Waals surface area contributed by atoms with Gasteiger partial charge in [-0.3, -0.25) is 19.2 Å². The quantitative estimate of drug-likeness (QED) is 0.338. The van der Waals surface area contributed by atoms with Crippen LogP contribution in [-0.2, 0) is 19.2 Å². The van der Waals surface area contributed by atoms with E-state index in [1.165, 1.54) is 12.1 Å². The molecule has 4 amide bonds. The lowest BCUT2D eigenvalue weighted by atomic mass is 9.59. The summed E-state index contributed by atoms with van der Waals surface area (Å²) in [7, 11) is 0. The Morgan fingerprint density at radius 1 is 1.15 bits per heavy atom. The number of amides is 4. The molecule has 1 saturated heterocycles. The Bertz CT molecular complexity index is 1290. The average Bonchev–Trinajstić information content (AvgIpc) is 3.03. The first-order valence-corrected chi connectivity index (χ1v) is 11.3. The first kappa shape index (κ1) is 21.5. The predicted molar refractivity (Wildman–Crippen MR) is 119 cm³/mol. The second kappa shape index (κ2) is 7.34. The summed E-state index contributed by atoms with van der Waals surface area (Å²) in [4.78, 5) is 64.3. The number of imide groups is 3. The Balaban J connectivity index is 1.70. The number of rotatable bonds is 1. The first-order chi connectivity index (χ1) is 15.6. The zero-order valence-electron chi connectivity index (χ0n) is 17.5. The normalized spacial score (nSPS) is 28.8. The molecule has 1 heterocycles. The van der Waals surface area contributed by atoms with Crippen LogP contribution in [0.3, 0.4) is 0 Å². The summed E-state index contributed by atoms with van der Waals surface area (Å²) in [5.74, 6) is -4.57. The fourth-order valence-corrected chi connectivity index (χ4v) is 6.11. The minimum absolute atomic E-state index is 0.0976. The number of aryl methyl sites for hydroxylation is 1. The van der Waals surface area contributed by atoms with Crippen LogP contribution in [0.1, 0.15) is 29.9 Å². The van der Waals surface area contributed by atoms with Gasteiger partial charge in [-0.1, -0.05) is 23.8 Å². The first-order valence-electron chi connectivity index (χ1n) is 10.5. The van der Waals surface area contributed by atoms with Gasteiger partial charge in [0.25, 0.3) is 0 Å². The van der Waals surface area contributed by atoms with Gasteiger partial charge in [-0.05, 0) is 58.8 Å². The number of halogens is 1. The maximum Gasteiger partial charge on any atom is 0.328 e. The molecule has 3 N–H and O–H groups in total. The number of nitrogens with zero attached hydrogens (tertiary/aromatic N) is 1. The highest BCUT2D eigenvalue weighted by atomic mass is 79.9. The molecule has 0 bridgehead atoms. The second-order valence-corrected chi connectivity index (χ2v) is 9.64. The molecule has 1 aromatic rings. The van der Waals surface area contributed by atoms with Crippen molar-refractivity contribution in [3.8, 4) is 5.75 Å². The number of nitrogens with two attached hydrogens (primary N) is 1. The SMILES string of the molecule is Cc1cc([C@H]2C3=CC[C@@H]4C(=O)N(C(N)=O)C(=O)[C@@H]4[C@@H]3CC3=C2C(=O)C=C(Br)C3=O)ccc1O. The van der Waals surface area contributed by atoms with Crippen LogP contribution in [0.25, 0.3) is 0 Å². The van der Waals surface area contributed by atoms with Gasteiger partial charge < -0.3 is 10.8 Å². The Labute approximate surface area is 196 Å². The van der Waals surface area contributed by atoms with E-state index in [9.17, 15) is 29.1 Å². The van der Waals surface area contributed by atoms with Gasteiger partial charge in [-0.15, -0.1) is 0 Å². The minimum atomic E-state index is -1.11. The van der Waals surface area contributed by atoms with E-state index < -0.39 is 41.5 Å². The van der Waals surface area contributed by atoms with Gasteiger partial charge in [0.2, 0.25) is 11.8 Å². The smallest absolute Gasteiger partial charge is 0.328 e. The Kier molecular flexibility index (Phi) is 4.79. The fraction of sp³-hybridized carbons (Fsp3) is 0.292. The van der Waals surface area contributed by atoms with E-state index >= 15 is 0 Å². The van der Waals surface area contributed by atoms with E-state index in [1.807, 2.05) is 6.08 Å². The molecule has 3 aliphatic carbocycles. The van der Waals surface area contributed by atoms with Crippen molar-refractivity contribution in [1.82, 2.24) is 4.90 Å². The van der Waals surface area contributed by atoms with Crippen LogP contribution in [0.5, 0.6) is 5.75 Å². The molecule has 0 radical (unpaired) electrons. The summed E-state index contributed by atoms with van der Waals surface area (Å²) in [6.07, 6.45) is 3.44. The van der Waals surface area contributed by atoms with Crippen LogP contribution in [0.4, 0.5) is 4.79 Å². The Hall–Kier alpha value is -3.33. The third-order valence-electron chi connectivity index (χ3n) is 7.11. The zero-order chi connectivity index (χ0) is 23.8. The molecule has 5 rings (SSSR count). The maximum atomic E-state index is 13.1. The Morgan fingerprint density at radius 2 is 1.88 bits per heavy atom. The molecule has 1 fully saturated rings. The molecule has 4 atom stereocenters. The van der Waals surface area contributed by atoms with Crippen molar-refractivity contribution in [3.63, 3.8) is 0 Å². The second-order valence-electron chi connectivity index (χ2n) is 8.79. The van der Waals surface area contributed by atoms with Crippen LogP contribution >= 0.6 is 15.9 Å². The molecule has 168 valence electrons. The number of primary amides is 1. The summed E-state index contributed by atoms with van der Waals surface area (Å²) in [6, 6.07) is 3.86. The largest absolute Gasteiger partial charge is 0.508 e. The number of urea groups is 1. The summed E-state index contributed by atoms with van der Waals surface area (Å²) >= 11 is 3.17. The van der Waals surface area contributed by atoms with E-state index in [0.717, 1.165) is 5.57 Å². The number of phenols is 1. The summed E-state index contributed by atoms with van der Waals surface area (Å²) < 4.78 is 0.138. The number of carbonyl (C=O) groups is 5. The summed E-state index contributed by atoms with van der Waals surface area (Å²) in [5.41, 5.74) is 8.00. The molecule has 8 nitrogen and oxygen atoms in total. The number of ketones is 2. The number of carbonyl (C=O) groups excluding carboxylic acids is 5. The number of fused-ring (bicyclic) bond motifs is 3. The van der Waals surface area contributed by atoms with Gasteiger partial charge in [0, 0.05) is 23.1 Å². The fourth-order valence-electron chi connectivity index (χ4n) is 5.66. The van der Waals surface area contributed by atoms with Crippen LogP contribution < -0.4 is 5.73 Å². The van der Waals surface area contributed by atoms with E-state index in [-0.39, 0.29) is 34.6 Å². The highest BCUT2D eigenvalue weighted by Gasteiger charge is 2.57. The molecular weight excluding hydrogens is 492 g/mol. The number of hydrogen-bond donors (Lipinski definition) is 2. The van der Waals surface area contributed by atoms with E-state index in [2.05, 4.69) is 15.9 Å². The number of benzene rings is 1. The van der Waals surface area contributed by atoms with Gasteiger partial charge in [0.1, 0.15) is 5.75 Å². The monoisotopic (exact) mass is 510 g/mol. The third kappa shape index (κ3) is 2.98. The van der Waals surface area contributed by atoms with Gasteiger partial charge in [0.05, 0.1) is 16.3 Å². The number of hydrogen-bond acceptors (Lipinski definition) is 6. The zero-order valence-corrected chi connectivity index (χ0v) is 19.1. The molecule has 0 aromatic heterocycles. The molecule has 0 saturated carbocycles. The van der Waals surface area contributed by atoms with E-state index in [0.29, 0.717) is 27.2 Å². The van der Waals surface area contributed by atoms with Crippen molar-refractivity contribution < 1.29 is 29.1 Å². The minimum Gasteiger partial charge on any atom is -0.508 e. The van der Waals surface area contributed by atoms with Gasteiger partial charge >= 0.3 is 6.03 Å². The van der Waals surface area contributed by atoms with Crippen molar-refractivity contribution in [3.05, 3.63) is 62.7 Å². The molecule has 1 aromatic carbocycles. The number of allylic oxidation sites excluding steroid dienone is 6. The number of likely N-dealkylation sites (tertiary alicyclic amines) is 1. The van der Waals surface area contributed by atoms with Crippen molar-refractivity contribution in [2.24, 2.45) is 23.5 Å². The molecular formula is C24H19BrN2O6. The molecule has 0 unspecified atom stereocenters. The Morgan fingerprint density at radius 3 is 2.55 bits per heavy atom. The number of aromatic hydroxyl groups is 1. The highest BCUT2D eigenvalue weighted by molar-refractivity contribution is 9.12. The molecule has 4 aliphatic rings. The number of phenolic OH excluding ortho intramolecular Hbond substituents is 1. The standard InChI is InChI=1S/C24H19BrN2O6/c1-9-6-10(2-5-16(9)28)18-11-3-4-12-19(23(32)27(22(12)31)24(26)33)13(11)7-14-20(18)17(29)8-15(25)21(14)30/h2-3,5-6,8,12-13,18-19,28H,4,7H2,1H3,(H2,26,33)/t12-,13+,18-,19-/m0/s1. The van der Waals surface area contributed by atoms with Crippen molar-refractivity contribution in [2.75, 3.05) is 0 Å². The molecule has 0 spiro atoms. The molecule has 9 heteroatoms. The van der Waals surface area contributed by atoms with Crippen LogP contribution in [0, 0.1) is 24.7 Å². The maximum absolute atomic E-state index is 13.1. The van der Waals surface area contributed by atoms with Crippen LogP contribution in [0.2, 0.25) is 0 Å². The summed E-state index contributed by atoms with van der Waals surface area (Å²) in [6.45, 7) is 1.73. The summed E-state index contributed by atoms with van der Waals surface area (Å²) in [5, 5.41) is 10.0. The van der Waals surface area contributed by atoms with E-state index in [4.69, 9.17) is 5.73 Å². The van der Waals surface area contributed by atoms with Crippen LogP contribution in [0.15, 0.2) is 51.6 Å². The number of Topliss-reactive ketones (excluding diaryl/α,β-unsaturated/α-hetero) is 1. The van der Waals surface area contributed by atoms with Gasteiger partial charge in [-0.2, -0.15) is 4.90 Å². The van der Waals surface area contributed by atoms with Crippen molar-refractivity contribution in [2.45, 2.75) is 25.7 Å². The molecule has 33 heavy (non-hydrogen) atoms. The lowest BCUT2D eigenvalue weighted by Crippen LogP contribution is -2.42. The van der Waals surface area contributed by atoms with Gasteiger partial charge in [-0.25, -0.2) is 4.79 Å². The lowest BCUT2D eigenvalue weighted by molar-refractivity contribution is -0.136. The third-order valence-corrected chi connectivity index (χ3v) is 7.69.